The van der Waals surface area contributed by atoms with Crippen molar-refractivity contribution >= 4 is 63.2 Å². The van der Waals surface area contributed by atoms with E-state index in [2.05, 4.69) is 12.2 Å². The molecule has 0 radical (unpaired) electrons. The summed E-state index contributed by atoms with van der Waals surface area (Å²) in [6.45, 7) is 6.09. The van der Waals surface area contributed by atoms with Crippen molar-refractivity contribution in [1.29, 1.82) is 0 Å². The van der Waals surface area contributed by atoms with Crippen LogP contribution in [-0.4, -0.2) is 23.7 Å². The highest BCUT2D eigenvalue weighted by Gasteiger charge is 2.30. The van der Waals surface area contributed by atoms with Crippen LogP contribution < -0.4 is 5.32 Å². The van der Waals surface area contributed by atoms with Crippen molar-refractivity contribution < 1.29 is 14.3 Å². The van der Waals surface area contributed by atoms with E-state index in [1.807, 2.05) is 0 Å². The molecule has 4 nitrogen and oxygen atoms in total. The largest absolute Gasteiger partial charge is 0.462 e. The first kappa shape index (κ1) is 22.5. The molecular weight excluding hydrogens is 449 g/mol. The fraction of sp³-hybridized carbons (Fsp3) is 0.429. The molecule has 0 saturated carbocycles. The first-order valence-electron chi connectivity index (χ1n) is 9.54. The van der Waals surface area contributed by atoms with Gasteiger partial charge in [0.25, 0.3) is 0 Å². The monoisotopic (exact) mass is 471 g/mol. The molecule has 0 unspecified atom stereocenters. The lowest BCUT2D eigenvalue weighted by atomic mass is 9.88. The van der Waals surface area contributed by atoms with Crippen LogP contribution >= 0.6 is 46.3 Å². The summed E-state index contributed by atoms with van der Waals surface area (Å²) in [5, 5.41) is 4.23. The van der Waals surface area contributed by atoms with E-state index in [4.69, 9.17) is 27.9 Å². The molecule has 29 heavy (non-hydrogen) atoms. The van der Waals surface area contributed by atoms with Crippen LogP contribution in [-0.2, 0) is 22.4 Å². The predicted molar refractivity (Wildman–Crippen MR) is 122 cm³/mol. The number of rotatable bonds is 6. The molecule has 1 N–H and O–H groups in total. The molecule has 2 atom stereocenters. The zero-order chi connectivity index (χ0) is 21.1. The molecular formula is C21H23Cl2NO3S2. The Morgan fingerprint density at radius 1 is 1.38 bits per heavy atom. The topological polar surface area (TPSA) is 55.4 Å². The maximum absolute atomic E-state index is 12.9. The highest BCUT2D eigenvalue weighted by molar-refractivity contribution is 8.00. The SMILES string of the molecule is CCOC(=O)c1c(NC(=O)[C@H](C)Sc2cc(Cl)ccc2Cl)sc2c1CC[C@H](C)C2. The quantitative estimate of drug-likeness (QED) is 0.387. The summed E-state index contributed by atoms with van der Waals surface area (Å²) in [5.74, 6) is 0.00970. The van der Waals surface area contributed by atoms with Crippen molar-refractivity contribution in [3.05, 3.63) is 44.2 Å². The lowest BCUT2D eigenvalue weighted by Crippen LogP contribution is -2.23. The number of anilines is 1. The van der Waals surface area contributed by atoms with Crippen molar-refractivity contribution in [2.45, 2.75) is 50.2 Å². The molecule has 8 heteroatoms. The summed E-state index contributed by atoms with van der Waals surface area (Å²) in [4.78, 5) is 27.4. The first-order chi connectivity index (χ1) is 13.8. The van der Waals surface area contributed by atoms with Gasteiger partial charge in [0.2, 0.25) is 5.91 Å². The number of esters is 1. The molecule has 0 saturated heterocycles. The number of benzene rings is 1. The Bertz CT molecular complexity index is 929. The minimum Gasteiger partial charge on any atom is -0.462 e. The summed E-state index contributed by atoms with van der Waals surface area (Å²) in [5.41, 5.74) is 1.55. The first-order valence-corrected chi connectivity index (χ1v) is 12.0. The van der Waals surface area contributed by atoms with E-state index in [1.165, 1.54) is 28.0 Å². The number of fused-ring (bicyclic) bond motifs is 1. The minimum absolute atomic E-state index is 0.191. The van der Waals surface area contributed by atoms with Gasteiger partial charge in [0, 0.05) is 14.8 Å². The van der Waals surface area contributed by atoms with Gasteiger partial charge in [0.15, 0.2) is 0 Å². The summed E-state index contributed by atoms with van der Waals surface area (Å²) in [6, 6.07) is 5.17. The number of halogens is 2. The highest BCUT2D eigenvalue weighted by atomic mass is 35.5. The molecule has 1 amide bonds. The maximum atomic E-state index is 12.9. The van der Waals surface area contributed by atoms with Crippen molar-refractivity contribution in [3.63, 3.8) is 0 Å². The van der Waals surface area contributed by atoms with E-state index in [9.17, 15) is 9.59 Å². The van der Waals surface area contributed by atoms with Gasteiger partial charge in [-0.1, -0.05) is 30.1 Å². The predicted octanol–water partition coefficient (Wildman–Crippen LogP) is 6.48. The zero-order valence-electron chi connectivity index (χ0n) is 16.5. The number of ether oxygens (including phenoxy) is 1. The zero-order valence-corrected chi connectivity index (χ0v) is 19.7. The Morgan fingerprint density at radius 3 is 2.86 bits per heavy atom. The van der Waals surface area contributed by atoms with E-state index in [0.29, 0.717) is 33.1 Å². The molecule has 1 heterocycles. The average Bonchev–Trinajstić information content (AvgIpc) is 3.01. The molecule has 0 spiro atoms. The van der Waals surface area contributed by atoms with Crippen LogP contribution in [0.5, 0.6) is 0 Å². The third-order valence-electron chi connectivity index (χ3n) is 4.79. The number of carbonyl (C=O) groups is 2. The standard InChI is InChI=1S/C21H23Cl2NO3S2/c1-4-27-21(26)18-14-7-5-11(2)9-16(14)29-20(18)24-19(25)12(3)28-17-10-13(22)6-8-15(17)23/h6,8,10-12H,4-5,7,9H2,1-3H3,(H,24,25)/t11-,12-/m0/s1. The van der Waals surface area contributed by atoms with Gasteiger partial charge in [-0.05, 0) is 62.8 Å². The lowest BCUT2D eigenvalue weighted by Gasteiger charge is -2.18. The van der Waals surface area contributed by atoms with E-state index in [1.54, 1.807) is 32.0 Å². The number of nitrogens with one attached hydrogen (secondary N) is 1. The van der Waals surface area contributed by atoms with Crippen LogP contribution in [0.1, 0.15) is 48.0 Å². The normalized spacial score (nSPS) is 16.8. The Morgan fingerprint density at radius 2 is 2.14 bits per heavy atom. The van der Waals surface area contributed by atoms with E-state index in [0.717, 1.165) is 29.7 Å². The number of carbonyl (C=O) groups excluding carboxylic acids is 2. The molecule has 156 valence electrons. The van der Waals surface area contributed by atoms with Gasteiger partial charge < -0.3 is 10.1 Å². The minimum atomic E-state index is -0.418. The van der Waals surface area contributed by atoms with Crippen LogP contribution in [0.2, 0.25) is 10.0 Å². The second-order valence-corrected chi connectivity index (χ2v) is 10.4. The maximum Gasteiger partial charge on any atom is 0.341 e. The van der Waals surface area contributed by atoms with Gasteiger partial charge in [-0.15, -0.1) is 23.1 Å². The highest BCUT2D eigenvalue weighted by Crippen LogP contribution is 2.41. The summed E-state index contributed by atoms with van der Waals surface area (Å²) in [6.07, 6.45) is 2.78. The number of thioether (sulfide) groups is 1. The average molecular weight is 472 g/mol. The van der Waals surface area contributed by atoms with Crippen LogP contribution in [0.25, 0.3) is 0 Å². The van der Waals surface area contributed by atoms with Gasteiger partial charge in [-0.25, -0.2) is 4.79 Å². The van der Waals surface area contributed by atoms with Crippen LogP contribution in [0.15, 0.2) is 23.1 Å². The van der Waals surface area contributed by atoms with Crippen LogP contribution in [0, 0.1) is 5.92 Å². The third-order valence-corrected chi connectivity index (χ3v) is 7.80. The Balaban J connectivity index is 1.82. The molecule has 1 aromatic carbocycles. The molecule has 0 aliphatic heterocycles. The van der Waals surface area contributed by atoms with Crippen molar-refractivity contribution in [3.8, 4) is 0 Å². The van der Waals surface area contributed by atoms with Crippen molar-refractivity contribution in [1.82, 2.24) is 0 Å². The van der Waals surface area contributed by atoms with Crippen molar-refractivity contribution in [2.24, 2.45) is 5.92 Å². The second-order valence-electron chi connectivity index (χ2n) is 7.10. The molecule has 0 bridgehead atoms. The fourth-order valence-electron chi connectivity index (χ4n) is 3.28. The molecule has 1 aliphatic carbocycles. The molecule has 3 rings (SSSR count). The lowest BCUT2D eigenvalue weighted by molar-refractivity contribution is -0.115. The second kappa shape index (κ2) is 9.73. The van der Waals surface area contributed by atoms with E-state index < -0.39 is 5.25 Å². The van der Waals surface area contributed by atoms with E-state index in [-0.39, 0.29) is 11.9 Å². The molecule has 0 fully saturated rings. The number of amides is 1. The van der Waals surface area contributed by atoms with Crippen molar-refractivity contribution in [2.75, 3.05) is 11.9 Å². The van der Waals surface area contributed by atoms with E-state index >= 15 is 0 Å². The summed E-state index contributed by atoms with van der Waals surface area (Å²) < 4.78 is 5.27. The molecule has 1 aliphatic rings. The number of hydrogen-bond donors (Lipinski definition) is 1. The van der Waals surface area contributed by atoms with Gasteiger partial charge in [0.05, 0.1) is 22.4 Å². The van der Waals surface area contributed by atoms with Crippen LogP contribution in [0.4, 0.5) is 5.00 Å². The number of thiophene rings is 1. The fourth-order valence-corrected chi connectivity index (χ4v) is 6.10. The molecule has 1 aromatic heterocycles. The van der Waals surface area contributed by atoms with Gasteiger partial charge in [-0.2, -0.15) is 0 Å². The van der Waals surface area contributed by atoms with Gasteiger partial charge >= 0.3 is 5.97 Å². The Kier molecular flexibility index (Phi) is 7.54. The Labute approximate surface area is 189 Å². The van der Waals surface area contributed by atoms with Gasteiger partial charge in [-0.3, -0.25) is 4.79 Å². The number of hydrogen-bond acceptors (Lipinski definition) is 5. The molecule has 2 aromatic rings. The summed E-state index contributed by atoms with van der Waals surface area (Å²) >= 11 is 15.1. The smallest absolute Gasteiger partial charge is 0.341 e. The van der Waals surface area contributed by atoms with Crippen LogP contribution in [0.3, 0.4) is 0 Å². The third kappa shape index (κ3) is 5.29. The Hall–Kier alpha value is -1.21. The van der Waals surface area contributed by atoms with Gasteiger partial charge in [0.1, 0.15) is 5.00 Å². The summed E-state index contributed by atoms with van der Waals surface area (Å²) in [7, 11) is 0.